The smallest absolute Gasteiger partial charge is 0.220 e. The Balaban J connectivity index is 3.47. The van der Waals surface area contributed by atoms with Gasteiger partial charge >= 0.3 is 0 Å². The molecule has 3 atom stereocenters. The molecule has 56 heavy (non-hydrogen) atoms. The summed E-state index contributed by atoms with van der Waals surface area (Å²) in [7, 11) is 0. The van der Waals surface area contributed by atoms with Crippen LogP contribution in [0.25, 0.3) is 0 Å². The average Bonchev–Trinajstić information content (AvgIpc) is 3.20. The number of amides is 1. The SMILES string of the molecule is CCCCCCCCC/C=C/CCCC(O)C(O)C(CO)NC(=O)CCCCCCCCCCCCCCCCCCCCCCCCCCCCCCCC. The molecule has 0 saturated carbocycles. The molecule has 4 N–H and O–H groups in total. The van der Waals surface area contributed by atoms with Gasteiger partial charge in [-0.2, -0.15) is 0 Å². The maximum Gasteiger partial charge on any atom is 0.220 e. The summed E-state index contributed by atoms with van der Waals surface area (Å²) < 4.78 is 0. The average molecular weight is 792 g/mol. The molecule has 0 aromatic carbocycles. The third-order valence-electron chi connectivity index (χ3n) is 12.1. The second-order valence-electron chi connectivity index (χ2n) is 17.7. The minimum Gasteiger partial charge on any atom is -0.394 e. The van der Waals surface area contributed by atoms with Crippen molar-refractivity contribution in [3.63, 3.8) is 0 Å². The summed E-state index contributed by atoms with van der Waals surface area (Å²) >= 11 is 0. The van der Waals surface area contributed by atoms with Crippen molar-refractivity contribution in [3.05, 3.63) is 12.2 Å². The fraction of sp³-hybridized carbons (Fsp3) is 0.941. The predicted molar refractivity (Wildman–Crippen MR) is 245 cm³/mol. The molecular weight excluding hydrogens is 691 g/mol. The fourth-order valence-electron chi connectivity index (χ4n) is 8.17. The summed E-state index contributed by atoms with van der Waals surface area (Å²) in [4.78, 5) is 12.4. The topological polar surface area (TPSA) is 89.8 Å². The van der Waals surface area contributed by atoms with Crippen LogP contribution in [-0.2, 0) is 4.79 Å². The highest BCUT2D eigenvalue weighted by Crippen LogP contribution is 2.17. The Morgan fingerprint density at radius 2 is 0.714 bits per heavy atom. The van der Waals surface area contributed by atoms with E-state index in [1.54, 1.807) is 0 Å². The highest BCUT2D eigenvalue weighted by molar-refractivity contribution is 5.76. The number of hydrogen-bond acceptors (Lipinski definition) is 4. The van der Waals surface area contributed by atoms with Gasteiger partial charge in [-0.05, 0) is 38.5 Å². The zero-order valence-electron chi connectivity index (χ0n) is 38.0. The van der Waals surface area contributed by atoms with Crippen LogP contribution in [0.1, 0.15) is 284 Å². The standard InChI is InChI=1S/C51H101NO4/c1-3-5-7-9-11-13-15-17-18-19-20-21-22-23-24-25-26-27-28-29-30-31-32-33-34-36-38-40-42-44-46-50(55)52-48(47-53)51(56)49(54)45-43-41-39-37-35-16-14-12-10-8-6-4-2/h37,39,48-49,51,53-54,56H,3-36,38,40-47H2,1-2H3,(H,52,55)/b39-37+. The first-order valence-corrected chi connectivity index (χ1v) is 25.5. The Kier molecular flexibility index (Phi) is 46.0. The molecule has 5 heteroatoms. The molecule has 334 valence electrons. The molecule has 0 aliphatic carbocycles. The number of aliphatic hydroxyl groups excluding tert-OH is 3. The van der Waals surface area contributed by atoms with Crippen molar-refractivity contribution in [2.75, 3.05) is 6.61 Å². The first-order chi connectivity index (χ1) is 27.6. The van der Waals surface area contributed by atoms with Gasteiger partial charge in [-0.3, -0.25) is 4.79 Å². The van der Waals surface area contributed by atoms with Crippen LogP contribution in [0.3, 0.4) is 0 Å². The first kappa shape index (κ1) is 55.1. The monoisotopic (exact) mass is 792 g/mol. The van der Waals surface area contributed by atoms with Crippen LogP contribution in [0.4, 0.5) is 0 Å². The molecule has 0 aromatic rings. The Labute approximate surface area is 350 Å². The molecular formula is C51H101NO4. The van der Waals surface area contributed by atoms with Crippen LogP contribution in [0, 0.1) is 0 Å². The second-order valence-corrected chi connectivity index (χ2v) is 17.7. The van der Waals surface area contributed by atoms with E-state index in [-0.39, 0.29) is 12.5 Å². The van der Waals surface area contributed by atoms with Gasteiger partial charge < -0.3 is 20.6 Å². The predicted octanol–water partition coefficient (Wildman–Crippen LogP) is 15.2. The van der Waals surface area contributed by atoms with Crippen LogP contribution in [0.15, 0.2) is 12.2 Å². The summed E-state index contributed by atoms with van der Waals surface area (Å²) in [6.07, 6.45) is 56.5. The van der Waals surface area contributed by atoms with Crippen molar-refractivity contribution in [2.24, 2.45) is 0 Å². The van der Waals surface area contributed by atoms with E-state index in [2.05, 4.69) is 31.3 Å². The third kappa shape index (κ3) is 41.3. The molecule has 0 aromatic heterocycles. The summed E-state index contributed by atoms with van der Waals surface area (Å²) in [5.74, 6) is -0.149. The van der Waals surface area contributed by atoms with Gasteiger partial charge in [0.1, 0.15) is 6.10 Å². The molecule has 0 rings (SSSR count). The van der Waals surface area contributed by atoms with E-state index in [1.807, 2.05) is 0 Å². The van der Waals surface area contributed by atoms with E-state index < -0.39 is 18.2 Å². The number of rotatable bonds is 47. The van der Waals surface area contributed by atoms with E-state index >= 15 is 0 Å². The van der Waals surface area contributed by atoms with Crippen LogP contribution < -0.4 is 5.32 Å². The van der Waals surface area contributed by atoms with Gasteiger partial charge in [-0.15, -0.1) is 0 Å². The molecule has 5 nitrogen and oxygen atoms in total. The van der Waals surface area contributed by atoms with Crippen LogP contribution in [-0.4, -0.2) is 46.1 Å². The molecule has 0 aliphatic heterocycles. The molecule has 0 spiro atoms. The van der Waals surface area contributed by atoms with Gasteiger partial charge in [0.2, 0.25) is 5.91 Å². The van der Waals surface area contributed by atoms with Crippen LogP contribution in [0.5, 0.6) is 0 Å². The van der Waals surface area contributed by atoms with Gasteiger partial charge in [-0.1, -0.05) is 251 Å². The van der Waals surface area contributed by atoms with E-state index in [9.17, 15) is 20.1 Å². The van der Waals surface area contributed by atoms with Crippen molar-refractivity contribution in [1.82, 2.24) is 5.32 Å². The summed E-state index contributed by atoms with van der Waals surface area (Å²) in [5.41, 5.74) is 0. The van der Waals surface area contributed by atoms with Gasteiger partial charge in [0.25, 0.3) is 0 Å². The number of nitrogens with one attached hydrogen (secondary N) is 1. The quantitative estimate of drug-likeness (QED) is 0.0365. The molecule has 1 amide bonds. The summed E-state index contributed by atoms with van der Waals surface area (Å²) in [6, 6.07) is -0.820. The van der Waals surface area contributed by atoms with Crippen LogP contribution in [0.2, 0.25) is 0 Å². The highest BCUT2D eigenvalue weighted by atomic mass is 16.3. The van der Waals surface area contributed by atoms with Gasteiger partial charge in [0, 0.05) is 6.42 Å². The normalized spacial score (nSPS) is 13.4. The molecule has 0 aliphatic rings. The summed E-state index contributed by atoms with van der Waals surface area (Å²) in [5, 5.41) is 33.5. The zero-order chi connectivity index (χ0) is 40.8. The Hall–Kier alpha value is -0.910. The Morgan fingerprint density at radius 1 is 0.429 bits per heavy atom. The number of allylic oxidation sites excluding steroid dienone is 2. The number of unbranched alkanes of at least 4 members (excludes halogenated alkanes) is 37. The lowest BCUT2D eigenvalue weighted by Gasteiger charge is -2.26. The van der Waals surface area contributed by atoms with Crippen molar-refractivity contribution < 1.29 is 20.1 Å². The van der Waals surface area contributed by atoms with Crippen molar-refractivity contribution in [3.8, 4) is 0 Å². The maximum atomic E-state index is 12.4. The van der Waals surface area contributed by atoms with E-state index in [4.69, 9.17) is 0 Å². The van der Waals surface area contributed by atoms with Gasteiger partial charge in [0.15, 0.2) is 0 Å². The van der Waals surface area contributed by atoms with Gasteiger partial charge in [0.05, 0.1) is 18.8 Å². The van der Waals surface area contributed by atoms with Crippen molar-refractivity contribution in [2.45, 2.75) is 302 Å². The number of hydrogen-bond donors (Lipinski definition) is 4. The maximum absolute atomic E-state index is 12.4. The van der Waals surface area contributed by atoms with Crippen molar-refractivity contribution in [1.29, 1.82) is 0 Å². The Bertz CT molecular complexity index is 788. The second kappa shape index (κ2) is 46.8. The molecule has 3 unspecified atom stereocenters. The highest BCUT2D eigenvalue weighted by Gasteiger charge is 2.26. The Morgan fingerprint density at radius 3 is 1.04 bits per heavy atom. The van der Waals surface area contributed by atoms with E-state index in [0.717, 1.165) is 38.5 Å². The number of aliphatic hydroxyl groups is 3. The van der Waals surface area contributed by atoms with Crippen molar-refractivity contribution >= 4 is 5.91 Å². The third-order valence-corrected chi connectivity index (χ3v) is 12.1. The zero-order valence-corrected chi connectivity index (χ0v) is 38.0. The lowest BCUT2D eigenvalue weighted by molar-refractivity contribution is -0.124. The summed E-state index contributed by atoms with van der Waals surface area (Å²) in [6.45, 7) is 4.18. The molecule has 0 saturated heterocycles. The number of carbonyl (C=O) groups excluding carboxylic acids is 1. The van der Waals surface area contributed by atoms with Crippen LogP contribution >= 0.6 is 0 Å². The van der Waals surface area contributed by atoms with Gasteiger partial charge in [-0.25, -0.2) is 0 Å². The minimum atomic E-state index is -1.15. The molecule has 0 heterocycles. The largest absolute Gasteiger partial charge is 0.394 e. The fourth-order valence-corrected chi connectivity index (χ4v) is 8.17. The number of carbonyl (C=O) groups is 1. The van der Waals surface area contributed by atoms with E-state index in [1.165, 1.54) is 218 Å². The molecule has 0 fully saturated rings. The first-order valence-electron chi connectivity index (χ1n) is 25.5. The lowest BCUT2D eigenvalue weighted by Crippen LogP contribution is -2.50. The minimum absolute atomic E-state index is 0.149. The van der Waals surface area contributed by atoms with E-state index in [0.29, 0.717) is 12.8 Å². The lowest BCUT2D eigenvalue weighted by atomic mass is 10.0. The molecule has 0 bridgehead atoms. The molecule has 0 radical (unpaired) electrons.